The van der Waals surface area contributed by atoms with Gasteiger partial charge >= 0.3 is 5.97 Å². The van der Waals surface area contributed by atoms with Gasteiger partial charge in [0.2, 0.25) is 0 Å². The van der Waals surface area contributed by atoms with Gasteiger partial charge in [0.15, 0.2) is 0 Å². The molecule has 0 unspecified atom stereocenters. The first-order valence-electron chi connectivity index (χ1n) is 6.49. The Morgan fingerprint density at radius 3 is 2.68 bits per heavy atom. The molecule has 0 saturated heterocycles. The van der Waals surface area contributed by atoms with Crippen molar-refractivity contribution >= 4 is 5.97 Å². The van der Waals surface area contributed by atoms with Crippen LogP contribution in [0.3, 0.4) is 0 Å². The fourth-order valence-corrected chi connectivity index (χ4v) is 1.71. The fraction of sp³-hybridized carbons (Fsp3) is 0.467. The summed E-state index contributed by atoms with van der Waals surface area (Å²) in [5.41, 5.74) is 1.43. The van der Waals surface area contributed by atoms with Crippen LogP contribution in [0.4, 0.5) is 0 Å². The van der Waals surface area contributed by atoms with Crippen LogP contribution in [-0.4, -0.2) is 19.2 Å². The molecule has 0 saturated carbocycles. The molecule has 4 nitrogen and oxygen atoms in total. The molecule has 1 aromatic rings. The Hall–Kier alpha value is -2.02. The van der Waals surface area contributed by atoms with E-state index in [-0.39, 0.29) is 0 Å². The highest BCUT2D eigenvalue weighted by molar-refractivity contribution is 5.94. The lowest BCUT2D eigenvalue weighted by Gasteiger charge is -2.13. The summed E-state index contributed by atoms with van der Waals surface area (Å²) in [4.78, 5) is 12.0. The first kappa shape index (κ1) is 15.0. The van der Waals surface area contributed by atoms with Crippen molar-refractivity contribution in [2.45, 2.75) is 33.6 Å². The second kappa shape index (κ2) is 7.42. The van der Waals surface area contributed by atoms with E-state index in [0.29, 0.717) is 35.7 Å². The van der Waals surface area contributed by atoms with Gasteiger partial charge in [-0.3, -0.25) is 0 Å². The zero-order valence-electron chi connectivity index (χ0n) is 11.7. The van der Waals surface area contributed by atoms with Gasteiger partial charge in [-0.25, -0.2) is 4.79 Å². The predicted octanol–water partition coefficient (Wildman–Crippen LogP) is 3.22. The number of nitriles is 1. The molecule has 19 heavy (non-hydrogen) atoms. The molecule has 1 aromatic carbocycles. The van der Waals surface area contributed by atoms with Gasteiger partial charge in [0, 0.05) is 0 Å². The predicted molar refractivity (Wildman–Crippen MR) is 72.3 cm³/mol. The molecule has 0 bridgehead atoms. The van der Waals surface area contributed by atoms with Crippen molar-refractivity contribution in [3.05, 3.63) is 28.8 Å². The van der Waals surface area contributed by atoms with Crippen LogP contribution < -0.4 is 4.74 Å². The number of unbranched alkanes of at least 4 members (excludes halogenated alkanes) is 1. The number of hydrogen-bond acceptors (Lipinski definition) is 4. The number of carbonyl (C=O) groups is 1. The first-order chi connectivity index (χ1) is 9.15. The average Bonchev–Trinajstić information content (AvgIpc) is 2.39. The molecule has 4 heteroatoms. The van der Waals surface area contributed by atoms with Gasteiger partial charge < -0.3 is 9.47 Å². The highest BCUT2D eigenvalue weighted by atomic mass is 16.5. The van der Waals surface area contributed by atoms with Crippen LogP contribution in [0.1, 0.15) is 48.2 Å². The maximum Gasteiger partial charge on any atom is 0.342 e. The normalized spacial score (nSPS) is 9.79. The average molecular weight is 261 g/mol. The Labute approximate surface area is 113 Å². The number of carbonyl (C=O) groups excluding carboxylic acids is 1. The van der Waals surface area contributed by atoms with Gasteiger partial charge in [-0.15, -0.1) is 0 Å². The summed E-state index contributed by atoms with van der Waals surface area (Å²) in [7, 11) is 0. The lowest BCUT2D eigenvalue weighted by molar-refractivity contribution is 0.0520. The standard InChI is InChI=1S/C15H19NO3/c1-4-6-9-19-13-8-7-12(10-16)11(3)14(13)15(17)18-5-2/h7-8H,4-6,9H2,1-3H3. The number of rotatable bonds is 6. The topological polar surface area (TPSA) is 59.3 Å². The van der Waals surface area contributed by atoms with Gasteiger partial charge in [0.25, 0.3) is 0 Å². The lowest BCUT2D eigenvalue weighted by atomic mass is 10.0. The van der Waals surface area contributed by atoms with Crippen LogP contribution in [0.5, 0.6) is 5.75 Å². The Morgan fingerprint density at radius 1 is 1.37 bits per heavy atom. The fourth-order valence-electron chi connectivity index (χ4n) is 1.71. The zero-order chi connectivity index (χ0) is 14.3. The number of esters is 1. The molecule has 0 amide bonds. The lowest BCUT2D eigenvalue weighted by Crippen LogP contribution is -2.11. The summed E-state index contributed by atoms with van der Waals surface area (Å²) in [6, 6.07) is 5.39. The SMILES string of the molecule is CCCCOc1ccc(C#N)c(C)c1C(=O)OCC. The molecular weight excluding hydrogens is 242 g/mol. The van der Waals surface area contributed by atoms with Crippen molar-refractivity contribution in [1.82, 2.24) is 0 Å². The molecule has 0 heterocycles. The maximum absolute atomic E-state index is 12.0. The molecule has 0 spiro atoms. The summed E-state index contributed by atoms with van der Waals surface area (Å²) in [5, 5.41) is 9.02. The third-order valence-corrected chi connectivity index (χ3v) is 2.78. The van der Waals surface area contributed by atoms with E-state index in [1.807, 2.05) is 0 Å². The third kappa shape index (κ3) is 3.72. The Morgan fingerprint density at radius 2 is 2.11 bits per heavy atom. The van der Waals surface area contributed by atoms with E-state index in [9.17, 15) is 4.79 Å². The second-order valence-electron chi connectivity index (χ2n) is 4.15. The van der Waals surface area contributed by atoms with Crippen LogP contribution in [-0.2, 0) is 4.74 Å². The second-order valence-corrected chi connectivity index (χ2v) is 4.15. The van der Waals surface area contributed by atoms with E-state index in [0.717, 1.165) is 12.8 Å². The van der Waals surface area contributed by atoms with E-state index in [1.165, 1.54) is 0 Å². The molecule has 0 aliphatic carbocycles. The van der Waals surface area contributed by atoms with E-state index in [1.54, 1.807) is 26.0 Å². The van der Waals surface area contributed by atoms with Crippen LogP contribution in [0.15, 0.2) is 12.1 Å². The van der Waals surface area contributed by atoms with Gasteiger partial charge in [-0.2, -0.15) is 5.26 Å². The monoisotopic (exact) mass is 261 g/mol. The van der Waals surface area contributed by atoms with Crippen LogP contribution in [0, 0.1) is 18.3 Å². The molecule has 1 rings (SSSR count). The summed E-state index contributed by atoms with van der Waals surface area (Å²) in [6.07, 6.45) is 1.94. The smallest absolute Gasteiger partial charge is 0.342 e. The number of hydrogen-bond donors (Lipinski definition) is 0. The Kier molecular flexibility index (Phi) is 5.87. The summed E-state index contributed by atoms with van der Waals surface area (Å²) in [5.74, 6) is 0.0481. The van der Waals surface area contributed by atoms with E-state index in [4.69, 9.17) is 14.7 Å². The quantitative estimate of drug-likeness (QED) is 0.582. The highest BCUT2D eigenvalue weighted by Gasteiger charge is 2.19. The maximum atomic E-state index is 12.0. The molecule has 0 aliphatic rings. The Bertz CT molecular complexity index is 489. The summed E-state index contributed by atoms with van der Waals surface area (Å²) in [6.45, 7) is 6.40. The van der Waals surface area contributed by atoms with Crippen molar-refractivity contribution in [3.63, 3.8) is 0 Å². The first-order valence-corrected chi connectivity index (χ1v) is 6.49. The molecule has 0 N–H and O–H groups in total. The molecular formula is C15H19NO3. The number of benzene rings is 1. The third-order valence-electron chi connectivity index (χ3n) is 2.78. The minimum absolute atomic E-state index is 0.295. The summed E-state index contributed by atoms with van der Waals surface area (Å²) >= 11 is 0. The number of ether oxygens (including phenoxy) is 2. The van der Waals surface area contributed by atoms with Gasteiger partial charge in [0.05, 0.1) is 24.8 Å². The molecule has 0 radical (unpaired) electrons. The minimum Gasteiger partial charge on any atom is -0.493 e. The van der Waals surface area contributed by atoms with Crippen LogP contribution >= 0.6 is 0 Å². The molecule has 0 atom stereocenters. The minimum atomic E-state index is -0.441. The van der Waals surface area contributed by atoms with E-state index in [2.05, 4.69) is 13.0 Å². The molecule has 0 aliphatic heterocycles. The molecule has 0 fully saturated rings. The van der Waals surface area contributed by atoms with Crippen LogP contribution in [0.25, 0.3) is 0 Å². The van der Waals surface area contributed by atoms with Gasteiger partial charge in [0.1, 0.15) is 11.3 Å². The summed E-state index contributed by atoms with van der Waals surface area (Å²) < 4.78 is 10.6. The zero-order valence-corrected chi connectivity index (χ0v) is 11.7. The molecule has 0 aromatic heterocycles. The Balaban J connectivity index is 3.12. The van der Waals surface area contributed by atoms with E-state index >= 15 is 0 Å². The van der Waals surface area contributed by atoms with Crippen molar-refractivity contribution in [3.8, 4) is 11.8 Å². The van der Waals surface area contributed by atoms with Crippen molar-refractivity contribution < 1.29 is 14.3 Å². The van der Waals surface area contributed by atoms with Gasteiger partial charge in [-0.1, -0.05) is 13.3 Å². The largest absolute Gasteiger partial charge is 0.493 e. The number of nitrogens with zero attached hydrogens (tertiary/aromatic N) is 1. The molecule has 102 valence electrons. The van der Waals surface area contributed by atoms with Crippen molar-refractivity contribution in [2.75, 3.05) is 13.2 Å². The van der Waals surface area contributed by atoms with Crippen molar-refractivity contribution in [1.29, 1.82) is 5.26 Å². The van der Waals surface area contributed by atoms with Crippen LogP contribution in [0.2, 0.25) is 0 Å². The van der Waals surface area contributed by atoms with E-state index < -0.39 is 5.97 Å². The van der Waals surface area contributed by atoms with Gasteiger partial charge in [-0.05, 0) is 38.0 Å². The highest BCUT2D eigenvalue weighted by Crippen LogP contribution is 2.26. The van der Waals surface area contributed by atoms with Crippen molar-refractivity contribution in [2.24, 2.45) is 0 Å².